The van der Waals surface area contributed by atoms with E-state index in [-0.39, 0.29) is 12.6 Å². The first-order valence-corrected chi connectivity index (χ1v) is 7.21. The first-order chi connectivity index (χ1) is 9.52. The molecule has 0 aliphatic carbocycles. The van der Waals surface area contributed by atoms with Crippen LogP contribution in [0.5, 0.6) is 0 Å². The van der Waals surface area contributed by atoms with Crippen LogP contribution in [0, 0.1) is 0 Å². The molecule has 1 aromatic carbocycles. The van der Waals surface area contributed by atoms with Crippen LogP contribution in [0.1, 0.15) is 29.8 Å². The molecule has 5 heteroatoms. The third kappa shape index (κ3) is 3.36. The van der Waals surface area contributed by atoms with Crippen molar-refractivity contribution >= 4 is 23.2 Å². The summed E-state index contributed by atoms with van der Waals surface area (Å²) < 4.78 is 1.87. The number of halogens is 2. The van der Waals surface area contributed by atoms with E-state index in [2.05, 4.69) is 12.2 Å². The topological polar surface area (TPSA) is 37.2 Å². The molecule has 1 aromatic heterocycles. The van der Waals surface area contributed by atoms with Gasteiger partial charge in [-0.25, -0.2) is 0 Å². The van der Waals surface area contributed by atoms with E-state index in [1.165, 1.54) is 0 Å². The number of nitrogens with one attached hydrogen (secondary N) is 1. The highest BCUT2D eigenvalue weighted by molar-refractivity contribution is 6.41. The molecule has 108 valence electrons. The van der Waals surface area contributed by atoms with Crippen LogP contribution in [0.3, 0.4) is 0 Å². The van der Waals surface area contributed by atoms with Gasteiger partial charge in [-0.1, -0.05) is 47.5 Å². The van der Waals surface area contributed by atoms with Crippen molar-refractivity contribution in [1.29, 1.82) is 0 Å². The summed E-state index contributed by atoms with van der Waals surface area (Å²) in [5.74, 6) is 0. The van der Waals surface area contributed by atoms with Gasteiger partial charge in [0, 0.05) is 25.3 Å². The SMILES string of the molecule is CC(NCc1cc(Cl)c(Cl)n1C)c1cccc(CO)c1. The molecule has 1 unspecified atom stereocenters. The molecular formula is C15H18Cl2N2O. The Morgan fingerprint density at radius 3 is 2.65 bits per heavy atom. The van der Waals surface area contributed by atoms with Gasteiger partial charge >= 0.3 is 0 Å². The second-order valence-corrected chi connectivity index (χ2v) is 5.60. The lowest BCUT2D eigenvalue weighted by molar-refractivity contribution is 0.281. The molecular weight excluding hydrogens is 295 g/mol. The number of aliphatic hydroxyl groups is 1. The van der Waals surface area contributed by atoms with Crippen molar-refractivity contribution in [3.8, 4) is 0 Å². The maximum Gasteiger partial charge on any atom is 0.127 e. The summed E-state index contributed by atoms with van der Waals surface area (Å²) in [7, 11) is 1.89. The molecule has 1 heterocycles. The van der Waals surface area contributed by atoms with E-state index < -0.39 is 0 Å². The molecule has 2 N–H and O–H groups in total. The van der Waals surface area contributed by atoms with Gasteiger partial charge in [0.05, 0.1) is 11.6 Å². The third-order valence-electron chi connectivity index (χ3n) is 3.44. The van der Waals surface area contributed by atoms with E-state index in [4.69, 9.17) is 28.3 Å². The highest BCUT2D eigenvalue weighted by Gasteiger charge is 2.11. The fraction of sp³-hybridized carbons (Fsp3) is 0.333. The van der Waals surface area contributed by atoms with Gasteiger partial charge in [0.15, 0.2) is 0 Å². The highest BCUT2D eigenvalue weighted by Crippen LogP contribution is 2.25. The molecule has 0 amide bonds. The van der Waals surface area contributed by atoms with Crippen LogP contribution in [0.2, 0.25) is 10.2 Å². The van der Waals surface area contributed by atoms with Crippen molar-refractivity contribution in [3.63, 3.8) is 0 Å². The van der Waals surface area contributed by atoms with Crippen LogP contribution in [-0.4, -0.2) is 9.67 Å². The largest absolute Gasteiger partial charge is 0.392 e. The molecule has 0 radical (unpaired) electrons. The highest BCUT2D eigenvalue weighted by atomic mass is 35.5. The summed E-state index contributed by atoms with van der Waals surface area (Å²) in [5.41, 5.74) is 3.09. The van der Waals surface area contributed by atoms with Crippen LogP contribution in [-0.2, 0) is 20.2 Å². The van der Waals surface area contributed by atoms with Crippen molar-refractivity contribution < 1.29 is 5.11 Å². The zero-order valence-electron chi connectivity index (χ0n) is 11.5. The summed E-state index contributed by atoms with van der Waals surface area (Å²) in [6, 6.07) is 9.95. The van der Waals surface area contributed by atoms with Crippen LogP contribution in [0.4, 0.5) is 0 Å². The Labute approximate surface area is 129 Å². The van der Waals surface area contributed by atoms with Crippen LogP contribution >= 0.6 is 23.2 Å². The minimum atomic E-state index is 0.0591. The van der Waals surface area contributed by atoms with Gasteiger partial charge in [-0.3, -0.25) is 0 Å². The standard InChI is InChI=1S/C15H18Cl2N2O/c1-10(12-5-3-4-11(6-12)9-20)18-8-13-7-14(16)15(17)19(13)2/h3-7,10,18,20H,8-9H2,1-2H3. The molecule has 2 aromatic rings. The number of hydrogen-bond acceptors (Lipinski definition) is 2. The Morgan fingerprint density at radius 2 is 2.05 bits per heavy atom. The first kappa shape index (κ1) is 15.4. The maximum absolute atomic E-state index is 9.17. The van der Waals surface area contributed by atoms with Gasteiger partial charge in [-0.05, 0) is 24.1 Å². The molecule has 0 aliphatic heterocycles. The summed E-state index contributed by atoms with van der Waals surface area (Å²) in [5, 5.41) is 13.7. The maximum atomic E-state index is 9.17. The molecule has 0 saturated carbocycles. The van der Waals surface area contributed by atoms with E-state index in [9.17, 15) is 0 Å². The van der Waals surface area contributed by atoms with Crippen molar-refractivity contribution in [2.45, 2.75) is 26.1 Å². The third-order valence-corrected chi connectivity index (χ3v) is 4.28. The Balaban J connectivity index is 2.04. The Hall–Kier alpha value is -1.00. The number of nitrogens with zero attached hydrogens (tertiary/aromatic N) is 1. The Kier molecular flexibility index (Phi) is 5.11. The van der Waals surface area contributed by atoms with Gasteiger partial charge in [-0.15, -0.1) is 0 Å². The van der Waals surface area contributed by atoms with Crippen molar-refractivity contribution in [1.82, 2.24) is 9.88 Å². The van der Waals surface area contributed by atoms with Gasteiger partial charge < -0.3 is 15.0 Å². The number of aliphatic hydroxyl groups excluding tert-OH is 1. The van der Waals surface area contributed by atoms with E-state index in [1.54, 1.807) is 0 Å². The summed E-state index contributed by atoms with van der Waals surface area (Å²) in [6.07, 6.45) is 0. The van der Waals surface area contributed by atoms with Crippen molar-refractivity contribution in [2.24, 2.45) is 7.05 Å². The minimum Gasteiger partial charge on any atom is -0.392 e. The molecule has 3 nitrogen and oxygen atoms in total. The lowest BCUT2D eigenvalue weighted by atomic mass is 10.1. The average molecular weight is 313 g/mol. The Bertz CT molecular complexity index is 596. The quantitative estimate of drug-likeness (QED) is 0.883. The normalized spacial score (nSPS) is 12.7. The summed E-state index contributed by atoms with van der Waals surface area (Å²) in [4.78, 5) is 0. The zero-order chi connectivity index (χ0) is 14.7. The van der Waals surface area contributed by atoms with E-state index in [1.807, 2.05) is 41.9 Å². The van der Waals surface area contributed by atoms with Gasteiger partial charge in [0.1, 0.15) is 5.15 Å². The van der Waals surface area contributed by atoms with E-state index in [0.717, 1.165) is 16.8 Å². The first-order valence-electron chi connectivity index (χ1n) is 6.45. The van der Waals surface area contributed by atoms with Gasteiger partial charge in [0.2, 0.25) is 0 Å². The van der Waals surface area contributed by atoms with Crippen LogP contribution in [0.25, 0.3) is 0 Å². The fourth-order valence-corrected chi connectivity index (χ4v) is 2.51. The van der Waals surface area contributed by atoms with Crippen LogP contribution < -0.4 is 5.32 Å². The molecule has 20 heavy (non-hydrogen) atoms. The number of hydrogen-bond donors (Lipinski definition) is 2. The monoisotopic (exact) mass is 312 g/mol. The predicted molar refractivity (Wildman–Crippen MR) is 83.1 cm³/mol. The van der Waals surface area contributed by atoms with E-state index in [0.29, 0.717) is 16.7 Å². The average Bonchev–Trinajstić information content (AvgIpc) is 2.72. The number of aromatic nitrogens is 1. The zero-order valence-corrected chi connectivity index (χ0v) is 13.0. The summed E-state index contributed by atoms with van der Waals surface area (Å²) >= 11 is 12.0. The molecule has 2 rings (SSSR count). The molecule has 0 spiro atoms. The second-order valence-electron chi connectivity index (χ2n) is 4.84. The molecule has 0 fully saturated rings. The number of benzene rings is 1. The molecule has 0 bridgehead atoms. The second kappa shape index (κ2) is 6.64. The van der Waals surface area contributed by atoms with Gasteiger partial charge in [-0.2, -0.15) is 0 Å². The molecule has 0 saturated heterocycles. The fourth-order valence-electron chi connectivity index (χ4n) is 2.09. The predicted octanol–water partition coefficient (Wildman–Crippen LogP) is 3.68. The van der Waals surface area contributed by atoms with Crippen molar-refractivity contribution in [3.05, 3.63) is 57.3 Å². The minimum absolute atomic E-state index is 0.0591. The number of rotatable bonds is 5. The Morgan fingerprint density at radius 1 is 1.30 bits per heavy atom. The van der Waals surface area contributed by atoms with Crippen LogP contribution in [0.15, 0.2) is 30.3 Å². The van der Waals surface area contributed by atoms with Crippen molar-refractivity contribution in [2.75, 3.05) is 0 Å². The smallest absolute Gasteiger partial charge is 0.127 e. The summed E-state index contributed by atoms with van der Waals surface area (Å²) in [6.45, 7) is 2.82. The van der Waals surface area contributed by atoms with Gasteiger partial charge in [0.25, 0.3) is 0 Å². The lowest BCUT2D eigenvalue weighted by Crippen LogP contribution is -2.19. The van der Waals surface area contributed by atoms with E-state index >= 15 is 0 Å². The molecule has 1 atom stereocenters. The lowest BCUT2D eigenvalue weighted by Gasteiger charge is -2.15. The molecule has 0 aliphatic rings.